The number of rotatable bonds is 3. The molecule has 10 nitrogen and oxygen atoms in total. The molecule has 0 bridgehead atoms. The number of fused-ring (bicyclic) bond motifs is 1. The number of ether oxygens (including phenoxy) is 2. The van der Waals surface area contributed by atoms with E-state index in [0.717, 1.165) is 12.1 Å². The normalized spacial score (nSPS) is 26.1. The molecular formula is C21H20O10. The molecule has 2 heterocycles. The van der Waals surface area contributed by atoms with Crippen LogP contribution in [0.15, 0.2) is 45.6 Å². The van der Waals surface area contributed by atoms with Crippen LogP contribution in [0.3, 0.4) is 0 Å². The van der Waals surface area contributed by atoms with Gasteiger partial charge in [0.15, 0.2) is 16.9 Å². The highest BCUT2D eigenvalue weighted by Crippen LogP contribution is 2.42. The molecule has 0 radical (unpaired) electrons. The van der Waals surface area contributed by atoms with Crippen molar-refractivity contribution in [3.8, 4) is 34.3 Å². The third kappa shape index (κ3) is 3.66. The van der Waals surface area contributed by atoms with Crippen molar-refractivity contribution in [1.29, 1.82) is 0 Å². The van der Waals surface area contributed by atoms with E-state index >= 15 is 0 Å². The van der Waals surface area contributed by atoms with Crippen LogP contribution >= 0.6 is 0 Å². The molecule has 0 spiro atoms. The zero-order valence-corrected chi connectivity index (χ0v) is 16.2. The number of hydrogen-bond donors (Lipinski definition) is 6. The zero-order chi connectivity index (χ0) is 22.4. The summed E-state index contributed by atoms with van der Waals surface area (Å²) in [4.78, 5) is 12.5. The molecule has 10 heteroatoms. The maximum atomic E-state index is 12.5. The maximum absolute atomic E-state index is 12.5. The number of aromatic hydroxyl groups is 3. The fourth-order valence-corrected chi connectivity index (χ4v) is 3.36. The fraction of sp³-hybridized carbons (Fsp3) is 0.286. The van der Waals surface area contributed by atoms with E-state index in [9.17, 15) is 35.4 Å². The molecule has 0 aliphatic carbocycles. The Bertz CT molecular complexity index is 1170. The quantitative estimate of drug-likeness (QED) is 0.325. The van der Waals surface area contributed by atoms with Gasteiger partial charge in [0.05, 0.1) is 6.10 Å². The van der Waals surface area contributed by atoms with Crippen LogP contribution in [0.2, 0.25) is 0 Å². The summed E-state index contributed by atoms with van der Waals surface area (Å²) in [6.07, 6.45) is -6.94. The molecule has 5 atom stereocenters. The van der Waals surface area contributed by atoms with E-state index in [1.807, 2.05) is 0 Å². The summed E-state index contributed by atoms with van der Waals surface area (Å²) in [5.74, 6) is -1.80. The highest BCUT2D eigenvalue weighted by atomic mass is 16.7. The van der Waals surface area contributed by atoms with Gasteiger partial charge in [0.25, 0.3) is 0 Å². The third-order valence-electron chi connectivity index (χ3n) is 5.13. The molecular weight excluding hydrogens is 412 g/mol. The Kier molecular flexibility index (Phi) is 5.23. The van der Waals surface area contributed by atoms with Gasteiger partial charge in [-0.25, -0.2) is 0 Å². The lowest BCUT2D eigenvalue weighted by Crippen LogP contribution is -2.58. The second-order valence-corrected chi connectivity index (χ2v) is 7.27. The molecule has 1 saturated heterocycles. The molecule has 1 aromatic heterocycles. The van der Waals surface area contributed by atoms with Crippen molar-refractivity contribution < 1.29 is 44.5 Å². The summed E-state index contributed by atoms with van der Waals surface area (Å²) >= 11 is 0. The molecule has 164 valence electrons. The molecule has 0 amide bonds. The Hall–Kier alpha value is -3.31. The molecule has 31 heavy (non-hydrogen) atoms. The summed E-state index contributed by atoms with van der Waals surface area (Å²) in [6.45, 7) is 1.46. The molecule has 3 aromatic rings. The van der Waals surface area contributed by atoms with Gasteiger partial charge in [0, 0.05) is 17.7 Å². The monoisotopic (exact) mass is 432 g/mol. The van der Waals surface area contributed by atoms with Crippen LogP contribution in [0.25, 0.3) is 22.3 Å². The number of aliphatic hydroxyl groups is 3. The lowest BCUT2D eigenvalue weighted by Gasteiger charge is -2.38. The largest absolute Gasteiger partial charge is 0.508 e. The number of phenolic OH excluding ortho intramolecular Hbond substituents is 3. The molecule has 1 aliphatic rings. The first kappa shape index (κ1) is 20.9. The summed E-state index contributed by atoms with van der Waals surface area (Å²) in [7, 11) is 0. The van der Waals surface area contributed by atoms with Crippen LogP contribution < -0.4 is 10.2 Å². The van der Waals surface area contributed by atoms with Crippen molar-refractivity contribution in [3.63, 3.8) is 0 Å². The minimum absolute atomic E-state index is 0.0257. The predicted molar refractivity (Wildman–Crippen MR) is 106 cm³/mol. The van der Waals surface area contributed by atoms with Crippen molar-refractivity contribution >= 4 is 11.0 Å². The number of hydrogen-bond acceptors (Lipinski definition) is 10. The third-order valence-corrected chi connectivity index (χ3v) is 5.13. The summed E-state index contributed by atoms with van der Waals surface area (Å²) in [6, 6.07) is 8.13. The van der Waals surface area contributed by atoms with E-state index < -0.39 is 47.6 Å². The fourth-order valence-electron chi connectivity index (χ4n) is 3.36. The van der Waals surface area contributed by atoms with Crippen LogP contribution in [0.5, 0.6) is 23.0 Å². The Morgan fingerprint density at radius 1 is 0.903 bits per heavy atom. The van der Waals surface area contributed by atoms with Gasteiger partial charge >= 0.3 is 0 Å². The second-order valence-electron chi connectivity index (χ2n) is 7.27. The van der Waals surface area contributed by atoms with Crippen LogP contribution in [-0.4, -0.2) is 61.3 Å². The minimum atomic E-state index is -1.65. The Balaban J connectivity index is 1.77. The molecule has 6 N–H and O–H groups in total. The summed E-state index contributed by atoms with van der Waals surface area (Å²) in [5, 5.41) is 59.6. The van der Waals surface area contributed by atoms with Gasteiger partial charge in [-0.3, -0.25) is 4.79 Å². The highest BCUT2D eigenvalue weighted by Gasteiger charge is 2.43. The van der Waals surface area contributed by atoms with E-state index in [-0.39, 0.29) is 28.2 Å². The van der Waals surface area contributed by atoms with Crippen LogP contribution in [-0.2, 0) is 4.74 Å². The van der Waals surface area contributed by atoms with Crippen LogP contribution in [0.1, 0.15) is 6.92 Å². The van der Waals surface area contributed by atoms with E-state index in [0.29, 0.717) is 5.56 Å². The van der Waals surface area contributed by atoms with Gasteiger partial charge in [-0.2, -0.15) is 0 Å². The van der Waals surface area contributed by atoms with Crippen molar-refractivity contribution in [2.45, 2.75) is 37.6 Å². The van der Waals surface area contributed by atoms with Crippen molar-refractivity contribution in [2.24, 2.45) is 0 Å². The Morgan fingerprint density at radius 2 is 1.58 bits per heavy atom. The second kappa shape index (κ2) is 7.75. The minimum Gasteiger partial charge on any atom is -0.508 e. The van der Waals surface area contributed by atoms with E-state index in [4.69, 9.17) is 13.9 Å². The van der Waals surface area contributed by atoms with Gasteiger partial charge in [-0.15, -0.1) is 0 Å². The standard InChI is InChI=1S/C21H20O10/c1-8-16(24)19(27)20(28)21(29-8)31-14-7-13-15(18(26)17(14)25)11(23)6-12(30-13)9-2-4-10(22)5-3-9/h2-8,16,19-22,24-28H,1H3/t8-,16-,19-,20-,21-/m0/s1. The first-order valence-corrected chi connectivity index (χ1v) is 9.36. The van der Waals surface area contributed by atoms with Crippen LogP contribution in [0, 0.1) is 0 Å². The molecule has 0 saturated carbocycles. The van der Waals surface area contributed by atoms with Gasteiger partial charge < -0.3 is 44.5 Å². The number of aliphatic hydroxyl groups excluding tert-OH is 3. The smallest absolute Gasteiger partial charge is 0.229 e. The van der Waals surface area contributed by atoms with Crippen molar-refractivity contribution in [3.05, 3.63) is 46.6 Å². The Morgan fingerprint density at radius 3 is 2.26 bits per heavy atom. The molecule has 0 unspecified atom stereocenters. The van der Waals surface area contributed by atoms with Crippen LogP contribution in [0.4, 0.5) is 0 Å². The van der Waals surface area contributed by atoms with Gasteiger partial charge in [0.2, 0.25) is 12.0 Å². The SMILES string of the molecule is C[C@@H]1O[C@@H](Oc2cc3oc(-c4ccc(O)cc4)cc(=O)c3c(O)c2O)[C@@H](O)[C@@H](O)[C@H]1O. The van der Waals surface area contributed by atoms with E-state index in [1.165, 1.54) is 31.2 Å². The first-order chi connectivity index (χ1) is 14.7. The molecule has 1 aliphatic heterocycles. The van der Waals surface area contributed by atoms with Gasteiger partial charge in [-0.05, 0) is 31.2 Å². The summed E-state index contributed by atoms with van der Waals surface area (Å²) in [5.41, 5.74) is -0.284. The maximum Gasteiger partial charge on any atom is 0.229 e. The molecule has 1 fully saturated rings. The lowest BCUT2D eigenvalue weighted by molar-refractivity contribution is -0.268. The van der Waals surface area contributed by atoms with Gasteiger partial charge in [0.1, 0.15) is 40.8 Å². The molecule has 2 aromatic carbocycles. The van der Waals surface area contributed by atoms with Crippen molar-refractivity contribution in [1.82, 2.24) is 0 Å². The lowest BCUT2D eigenvalue weighted by atomic mass is 10.00. The first-order valence-electron chi connectivity index (χ1n) is 9.36. The topological polar surface area (TPSA) is 170 Å². The van der Waals surface area contributed by atoms with Crippen molar-refractivity contribution in [2.75, 3.05) is 0 Å². The average molecular weight is 432 g/mol. The number of phenols is 3. The zero-order valence-electron chi connectivity index (χ0n) is 16.2. The highest BCUT2D eigenvalue weighted by molar-refractivity contribution is 5.89. The number of benzene rings is 2. The van der Waals surface area contributed by atoms with Gasteiger partial charge in [-0.1, -0.05) is 0 Å². The predicted octanol–water partition coefficient (Wildman–Crippen LogP) is 0.783. The van der Waals surface area contributed by atoms with E-state index in [2.05, 4.69) is 0 Å². The van der Waals surface area contributed by atoms with E-state index in [1.54, 1.807) is 0 Å². The Labute approximate surface area is 174 Å². The average Bonchev–Trinajstić information content (AvgIpc) is 2.74. The molecule has 4 rings (SSSR count). The summed E-state index contributed by atoms with van der Waals surface area (Å²) < 4.78 is 16.5.